The largest absolute Gasteiger partial charge is 0.374 e. The van der Waals surface area contributed by atoms with Crippen molar-refractivity contribution < 1.29 is 4.74 Å². The number of unbranched alkanes of at least 4 members (excludes halogenated alkanes) is 3. The molecule has 2 heteroatoms. The minimum Gasteiger partial charge on any atom is -0.374 e. The van der Waals surface area contributed by atoms with Crippen LogP contribution in [-0.4, -0.2) is 12.2 Å². The zero-order valence-electron chi connectivity index (χ0n) is 11.5. The molecule has 3 atom stereocenters. The van der Waals surface area contributed by atoms with Crippen molar-refractivity contribution in [3.05, 3.63) is 0 Å². The van der Waals surface area contributed by atoms with Crippen molar-refractivity contribution in [2.45, 2.75) is 83.8 Å². The highest BCUT2D eigenvalue weighted by Gasteiger charge is 2.26. The molecule has 1 rings (SSSR count). The first-order valence-electron chi connectivity index (χ1n) is 7.33. The van der Waals surface area contributed by atoms with Crippen LogP contribution in [0.25, 0.3) is 0 Å². The number of ether oxygens (including phenoxy) is 1. The number of rotatable bonds is 7. The summed E-state index contributed by atoms with van der Waals surface area (Å²) in [5.41, 5.74) is 0. The van der Waals surface area contributed by atoms with Gasteiger partial charge in [0.1, 0.15) is 0 Å². The Morgan fingerprint density at radius 2 is 2.00 bits per heavy atom. The first kappa shape index (κ1) is 14.5. The van der Waals surface area contributed by atoms with E-state index in [-0.39, 0.29) is 12.0 Å². The summed E-state index contributed by atoms with van der Waals surface area (Å²) in [4.78, 5) is 0. The first-order chi connectivity index (χ1) is 8.27. The third-order valence-corrected chi connectivity index (χ3v) is 3.74. The van der Waals surface area contributed by atoms with Crippen LogP contribution in [0.4, 0.5) is 0 Å². The summed E-state index contributed by atoms with van der Waals surface area (Å²) in [6, 6.07) is 2.41. The normalized spacial score (nSPS) is 26.4. The van der Waals surface area contributed by atoms with Gasteiger partial charge in [-0.2, -0.15) is 5.26 Å². The molecule has 0 amide bonds. The monoisotopic (exact) mass is 237 g/mol. The molecule has 0 radical (unpaired) electrons. The molecule has 17 heavy (non-hydrogen) atoms. The highest BCUT2D eigenvalue weighted by molar-refractivity contribution is 4.91. The fourth-order valence-corrected chi connectivity index (χ4v) is 2.63. The molecule has 98 valence electrons. The second-order valence-corrected chi connectivity index (χ2v) is 5.35. The van der Waals surface area contributed by atoms with Gasteiger partial charge in [0, 0.05) is 0 Å². The van der Waals surface area contributed by atoms with Crippen LogP contribution in [0.15, 0.2) is 0 Å². The Labute approximate surface area is 106 Å². The third kappa shape index (κ3) is 5.55. The molecule has 1 saturated carbocycles. The van der Waals surface area contributed by atoms with Crippen molar-refractivity contribution in [1.29, 1.82) is 5.26 Å². The van der Waals surface area contributed by atoms with E-state index >= 15 is 0 Å². The van der Waals surface area contributed by atoms with Crippen LogP contribution in [-0.2, 0) is 4.74 Å². The van der Waals surface area contributed by atoms with Crippen LogP contribution in [0, 0.1) is 17.2 Å². The lowest BCUT2D eigenvalue weighted by molar-refractivity contribution is -0.0428. The minimum absolute atomic E-state index is 0.141. The Kier molecular flexibility index (Phi) is 7.28. The summed E-state index contributed by atoms with van der Waals surface area (Å²) < 4.78 is 6.05. The van der Waals surface area contributed by atoms with E-state index in [2.05, 4.69) is 19.9 Å². The smallest absolute Gasteiger partial charge is 0.0736 e. The van der Waals surface area contributed by atoms with Crippen molar-refractivity contribution in [3.8, 4) is 6.07 Å². The highest BCUT2D eigenvalue weighted by Crippen LogP contribution is 2.27. The second kappa shape index (κ2) is 8.53. The van der Waals surface area contributed by atoms with Gasteiger partial charge in [-0.05, 0) is 26.2 Å². The van der Waals surface area contributed by atoms with Gasteiger partial charge in [0.25, 0.3) is 0 Å². The van der Waals surface area contributed by atoms with Crippen LogP contribution in [0.3, 0.4) is 0 Å². The average molecular weight is 237 g/mol. The zero-order valence-corrected chi connectivity index (χ0v) is 11.5. The van der Waals surface area contributed by atoms with Crippen molar-refractivity contribution in [2.24, 2.45) is 5.92 Å². The summed E-state index contributed by atoms with van der Waals surface area (Å²) in [6.07, 6.45) is 11.4. The SMILES string of the molecule is CCCCCCC(C)OC1CCCCC1C#N. The lowest BCUT2D eigenvalue weighted by Gasteiger charge is -2.29. The van der Waals surface area contributed by atoms with Gasteiger partial charge in [0.2, 0.25) is 0 Å². The molecule has 1 fully saturated rings. The minimum atomic E-state index is 0.141. The maximum atomic E-state index is 9.09. The number of hydrogen-bond donors (Lipinski definition) is 0. The zero-order chi connectivity index (χ0) is 12.5. The summed E-state index contributed by atoms with van der Waals surface area (Å²) in [6.45, 7) is 4.40. The standard InChI is InChI=1S/C15H27NO/c1-3-4-5-6-9-13(2)17-15-11-8-7-10-14(15)12-16/h13-15H,3-11H2,1-2H3. The maximum absolute atomic E-state index is 9.09. The maximum Gasteiger partial charge on any atom is 0.0736 e. The molecule has 3 unspecified atom stereocenters. The van der Waals surface area contributed by atoms with Crippen molar-refractivity contribution in [1.82, 2.24) is 0 Å². The van der Waals surface area contributed by atoms with E-state index in [1.807, 2.05) is 0 Å². The molecular weight excluding hydrogens is 210 g/mol. The summed E-state index contributed by atoms with van der Waals surface area (Å²) in [5.74, 6) is 0.141. The summed E-state index contributed by atoms with van der Waals surface area (Å²) in [5, 5.41) is 9.09. The van der Waals surface area contributed by atoms with E-state index in [0.29, 0.717) is 6.10 Å². The van der Waals surface area contributed by atoms with Gasteiger partial charge in [-0.15, -0.1) is 0 Å². The Bertz CT molecular complexity index is 234. The van der Waals surface area contributed by atoms with Gasteiger partial charge < -0.3 is 4.74 Å². The van der Waals surface area contributed by atoms with Crippen LogP contribution < -0.4 is 0 Å². The van der Waals surface area contributed by atoms with Crippen LogP contribution in [0.5, 0.6) is 0 Å². The van der Waals surface area contributed by atoms with E-state index in [9.17, 15) is 0 Å². The van der Waals surface area contributed by atoms with Crippen LogP contribution in [0.2, 0.25) is 0 Å². The van der Waals surface area contributed by atoms with E-state index in [1.165, 1.54) is 38.5 Å². The third-order valence-electron chi connectivity index (χ3n) is 3.74. The first-order valence-corrected chi connectivity index (χ1v) is 7.33. The molecule has 2 nitrogen and oxygen atoms in total. The van der Waals surface area contributed by atoms with Gasteiger partial charge in [-0.3, -0.25) is 0 Å². The molecule has 0 bridgehead atoms. The predicted molar refractivity (Wildman–Crippen MR) is 70.7 cm³/mol. The Hall–Kier alpha value is -0.550. The number of hydrogen-bond acceptors (Lipinski definition) is 2. The van der Waals surface area contributed by atoms with Gasteiger partial charge in [-0.1, -0.05) is 45.4 Å². The molecule has 0 heterocycles. The van der Waals surface area contributed by atoms with Crippen molar-refractivity contribution in [3.63, 3.8) is 0 Å². The summed E-state index contributed by atoms with van der Waals surface area (Å²) in [7, 11) is 0. The predicted octanol–water partition coefficient (Wildman–Crippen LogP) is 4.44. The second-order valence-electron chi connectivity index (χ2n) is 5.35. The van der Waals surface area contributed by atoms with Gasteiger partial charge in [0.05, 0.1) is 24.2 Å². The molecule has 0 aromatic rings. The Morgan fingerprint density at radius 1 is 1.24 bits per heavy atom. The molecule has 0 N–H and O–H groups in total. The highest BCUT2D eigenvalue weighted by atomic mass is 16.5. The molecule has 0 aromatic heterocycles. The van der Waals surface area contributed by atoms with Gasteiger partial charge in [0.15, 0.2) is 0 Å². The van der Waals surface area contributed by atoms with E-state index in [4.69, 9.17) is 10.00 Å². The molecule has 0 saturated heterocycles. The van der Waals surface area contributed by atoms with Gasteiger partial charge >= 0.3 is 0 Å². The van der Waals surface area contributed by atoms with Crippen molar-refractivity contribution in [2.75, 3.05) is 0 Å². The van der Waals surface area contributed by atoms with E-state index in [0.717, 1.165) is 19.3 Å². The molecule has 1 aliphatic carbocycles. The quantitative estimate of drug-likeness (QED) is 0.613. The Morgan fingerprint density at radius 3 is 2.71 bits per heavy atom. The number of nitriles is 1. The van der Waals surface area contributed by atoms with E-state index in [1.54, 1.807) is 0 Å². The van der Waals surface area contributed by atoms with Crippen LogP contribution >= 0.6 is 0 Å². The number of nitrogens with zero attached hydrogens (tertiary/aromatic N) is 1. The summed E-state index contributed by atoms with van der Waals surface area (Å²) >= 11 is 0. The fraction of sp³-hybridized carbons (Fsp3) is 0.933. The lowest BCUT2D eigenvalue weighted by Crippen LogP contribution is -2.30. The Balaban J connectivity index is 2.19. The molecule has 1 aliphatic rings. The van der Waals surface area contributed by atoms with E-state index < -0.39 is 0 Å². The molecule has 0 aromatic carbocycles. The topological polar surface area (TPSA) is 33.0 Å². The lowest BCUT2D eigenvalue weighted by atomic mass is 9.87. The fourth-order valence-electron chi connectivity index (χ4n) is 2.63. The van der Waals surface area contributed by atoms with Crippen LogP contribution in [0.1, 0.15) is 71.6 Å². The molecule has 0 aliphatic heterocycles. The molecule has 0 spiro atoms. The molecular formula is C15H27NO. The average Bonchev–Trinajstić information content (AvgIpc) is 2.35. The van der Waals surface area contributed by atoms with Gasteiger partial charge in [-0.25, -0.2) is 0 Å². The van der Waals surface area contributed by atoms with Crippen molar-refractivity contribution >= 4 is 0 Å².